The Balaban J connectivity index is 1.69. The third-order valence-corrected chi connectivity index (χ3v) is 4.66. The van der Waals surface area contributed by atoms with Crippen LogP contribution in [0, 0.1) is 5.82 Å². The molecule has 0 unspecified atom stereocenters. The van der Waals surface area contributed by atoms with Crippen LogP contribution in [0.4, 0.5) is 4.39 Å². The van der Waals surface area contributed by atoms with E-state index < -0.39 is 0 Å². The maximum atomic E-state index is 14.0. The molecule has 104 valence electrons. The predicted molar refractivity (Wildman–Crippen MR) is 82.3 cm³/mol. The number of thioether (sulfide) groups is 1. The summed E-state index contributed by atoms with van der Waals surface area (Å²) in [4.78, 5) is 0.782. The highest BCUT2D eigenvalue weighted by Crippen LogP contribution is 2.30. The zero-order valence-electron chi connectivity index (χ0n) is 11.3. The molecule has 0 amide bonds. The van der Waals surface area contributed by atoms with Gasteiger partial charge in [-0.1, -0.05) is 42.5 Å². The standard InChI is InChI=1S/C17H18FNS/c18-16-8-4-7-14(11-19-15-9-10-15)17(16)20-12-13-5-2-1-3-6-13/h1-8,15,19H,9-12H2. The lowest BCUT2D eigenvalue weighted by Crippen LogP contribution is -2.16. The molecule has 2 aromatic carbocycles. The average molecular weight is 287 g/mol. The second kappa shape index (κ2) is 6.42. The number of rotatable bonds is 6. The fourth-order valence-electron chi connectivity index (χ4n) is 2.13. The van der Waals surface area contributed by atoms with Gasteiger partial charge < -0.3 is 5.32 Å². The van der Waals surface area contributed by atoms with E-state index in [1.54, 1.807) is 23.9 Å². The Hall–Kier alpha value is -1.32. The largest absolute Gasteiger partial charge is 0.310 e. The Morgan fingerprint density at radius 2 is 1.85 bits per heavy atom. The monoisotopic (exact) mass is 287 g/mol. The molecule has 1 aliphatic rings. The van der Waals surface area contributed by atoms with Gasteiger partial charge in [-0.25, -0.2) is 4.39 Å². The Labute approximate surface area is 123 Å². The Morgan fingerprint density at radius 3 is 2.60 bits per heavy atom. The maximum absolute atomic E-state index is 14.0. The quantitative estimate of drug-likeness (QED) is 0.792. The van der Waals surface area contributed by atoms with Crippen LogP contribution in [0.15, 0.2) is 53.4 Å². The van der Waals surface area contributed by atoms with Crippen molar-refractivity contribution >= 4 is 11.8 Å². The molecule has 2 aromatic rings. The first-order valence-electron chi connectivity index (χ1n) is 7.00. The van der Waals surface area contributed by atoms with E-state index in [0.29, 0.717) is 6.04 Å². The van der Waals surface area contributed by atoms with Crippen molar-refractivity contribution < 1.29 is 4.39 Å². The van der Waals surface area contributed by atoms with Gasteiger partial charge in [0.25, 0.3) is 0 Å². The van der Waals surface area contributed by atoms with Crippen LogP contribution < -0.4 is 5.32 Å². The van der Waals surface area contributed by atoms with E-state index in [2.05, 4.69) is 17.4 Å². The minimum Gasteiger partial charge on any atom is -0.310 e. The second-order valence-corrected chi connectivity index (χ2v) is 6.14. The third-order valence-electron chi connectivity index (χ3n) is 3.43. The molecule has 1 nitrogen and oxygen atoms in total. The second-order valence-electron chi connectivity index (χ2n) is 5.16. The molecular formula is C17H18FNS. The molecule has 3 heteroatoms. The first-order chi connectivity index (χ1) is 9.83. The van der Waals surface area contributed by atoms with Gasteiger partial charge in [0.2, 0.25) is 0 Å². The summed E-state index contributed by atoms with van der Waals surface area (Å²) >= 11 is 1.58. The smallest absolute Gasteiger partial charge is 0.137 e. The Bertz CT molecular complexity index is 566. The van der Waals surface area contributed by atoms with Gasteiger partial charge in [-0.3, -0.25) is 0 Å². The normalized spacial score (nSPS) is 14.4. The van der Waals surface area contributed by atoms with Crippen LogP contribution in [-0.4, -0.2) is 6.04 Å². The summed E-state index contributed by atoms with van der Waals surface area (Å²) in [6.07, 6.45) is 2.50. The van der Waals surface area contributed by atoms with Crippen molar-refractivity contribution in [2.45, 2.75) is 36.1 Å². The summed E-state index contributed by atoms with van der Waals surface area (Å²) in [6, 6.07) is 16.2. The molecule has 3 rings (SSSR count). The van der Waals surface area contributed by atoms with Gasteiger partial charge in [0.05, 0.1) is 0 Å². The lowest BCUT2D eigenvalue weighted by Gasteiger charge is -2.11. The van der Waals surface area contributed by atoms with Gasteiger partial charge in [0, 0.05) is 23.2 Å². The minimum absolute atomic E-state index is 0.110. The number of hydrogen-bond acceptors (Lipinski definition) is 2. The van der Waals surface area contributed by atoms with Crippen molar-refractivity contribution in [3.63, 3.8) is 0 Å². The molecule has 1 aliphatic carbocycles. The van der Waals surface area contributed by atoms with Crippen LogP contribution in [-0.2, 0) is 12.3 Å². The van der Waals surface area contributed by atoms with E-state index in [9.17, 15) is 4.39 Å². The van der Waals surface area contributed by atoms with E-state index >= 15 is 0 Å². The van der Waals surface area contributed by atoms with Crippen LogP contribution in [0.3, 0.4) is 0 Å². The van der Waals surface area contributed by atoms with E-state index in [1.165, 1.54) is 18.4 Å². The summed E-state index contributed by atoms with van der Waals surface area (Å²) in [5, 5.41) is 3.46. The molecule has 0 radical (unpaired) electrons. The zero-order chi connectivity index (χ0) is 13.8. The van der Waals surface area contributed by atoms with Crippen LogP contribution in [0.1, 0.15) is 24.0 Å². The molecule has 1 fully saturated rings. The van der Waals surface area contributed by atoms with Crippen molar-refractivity contribution in [3.05, 3.63) is 65.5 Å². The van der Waals surface area contributed by atoms with Crippen LogP contribution in [0.2, 0.25) is 0 Å². The number of halogens is 1. The summed E-state index contributed by atoms with van der Waals surface area (Å²) in [6.45, 7) is 0.763. The molecular weight excluding hydrogens is 269 g/mol. The molecule has 0 heterocycles. The molecule has 0 spiro atoms. The third kappa shape index (κ3) is 3.62. The molecule has 1 saturated carbocycles. The highest BCUT2D eigenvalue weighted by Gasteiger charge is 2.20. The first-order valence-corrected chi connectivity index (χ1v) is 7.99. The van der Waals surface area contributed by atoms with Gasteiger partial charge in [-0.2, -0.15) is 0 Å². The number of nitrogens with one attached hydrogen (secondary N) is 1. The topological polar surface area (TPSA) is 12.0 Å². The van der Waals surface area contributed by atoms with Gasteiger partial charge in [0.15, 0.2) is 0 Å². The molecule has 0 bridgehead atoms. The van der Waals surface area contributed by atoms with E-state index in [0.717, 1.165) is 22.8 Å². The maximum Gasteiger partial charge on any atom is 0.137 e. The first kappa shape index (κ1) is 13.7. The van der Waals surface area contributed by atoms with E-state index in [1.807, 2.05) is 24.3 Å². The van der Waals surface area contributed by atoms with Crippen molar-refractivity contribution in [3.8, 4) is 0 Å². The number of hydrogen-bond donors (Lipinski definition) is 1. The minimum atomic E-state index is -0.110. The van der Waals surface area contributed by atoms with E-state index in [-0.39, 0.29) is 5.82 Å². The number of benzene rings is 2. The fraction of sp³-hybridized carbons (Fsp3) is 0.294. The fourth-order valence-corrected chi connectivity index (χ4v) is 3.16. The van der Waals surface area contributed by atoms with E-state index in [4.69, 9.17) is 0 Å². The summed E-state index contributed by atoms with van der Waals surface area (Å²) < 4.78 is 14.0. The predicted octanol–water partition coefficient (Wildman–Crippen LogP) is 4.37. The summed E-state index contributed by atoms with van der Waals surface area (Å²) in [5.41, 5.74) is 2.29. The van der Waals surface area contributed by atoms with Crippen molar-refractivity contribution in [1.82, 2.24) is 5.32 Å². The molecule has 0 aliphatic heterocycles. The van der Waals surface area contributed by atoms with Gasteiger partial charge in [-0.05, 0) is 30.0 Å². The van der Waals surface area contributed by atoms with Crippen molar-refractivity contribution in [1.29, 1.82) is 0 Å². The van der Waals surface area contributed by atoms with Crippen LogP contribution >= 0.6 is 11.8 Å². The lowest BCUT2D eigenvalue weighted by molar-refractivity contribution is 0.589. The van der Waals surface area contributed by atoms with Gasteiger partial charge >= 0.3 is 0 Å². The summed E-state index contributed by atoms with van der Waals surface area (Å²) in [5.74, 6) is 0.694. The molecule has 20 heavy (non-hydrogen) atoms. The van der Waals surface area contributed by atoms with Gasteiger partial charge in [0.1, 0.15) is 5.82 Å². The lowest BCUT2D eigenvalue weighted by atomic mass is 10.2. The highest BCUT2D eigenvalue weighted by atomic mass is 32.2. The Morgan fingerprint density at radius 1 is 1.05 bits per heavy atom. The molecule has 0 aromatic heterocycles. The Kier molecular flexibility index (Phi) is 4.38. The SMILES string of the molecule is Fc1cccc(CNC2CC2)c1SCc1ccccc1. The van der Waals surface area contributed by atoms with Crippen LogP contribution in [0.25, 0.3) is 0 Å². The molecule has 1 N–H and O–H groups in total. The zero-order valence-corrected chi connectivity index (χ0v) is 12.1. The highest BCUT2D eigenvalue weighted by molar-refractivity contribution is 7.98. The van der Waals surface area contributed by atoms with Crippen molar-refractivity contribution in [2.75, 3.05) is 0 Å². The molecule has 0 atom stereocenters. The van der Waals surface area contributed by atoms with Crippen LogP contribution in [0.5, 0.6) is 0 Å². The molecule has 0 saturated heterocycles. The van der Waals surface area contributed by atoms with Gasteiger partial charge in [-0.15, -0.1) is 11.8 Å². The average Bonchev–Trinajstić information content (AvgIpc) is 3.29. The van der Waals surface area contributed by atoms with Crippen molar-refractivity contribution in [2.24, 2.45) is 0 Å². The summed E-state index contributed by atoms with van der Waals surface area (Å²) in [7, 11) is 0.